The molecule has 1 amide bonds. The lowest BCUT2D eigenvalue weighted by molar-refractivity contribution is 0.0926. The number of hydrogen-bond acceptors (Lipinski definition) is 3. The molecule has 100 valence electrons. The minimum Gasteiger partial charge on any atom is -0.496 e. The Balaban J connectivity index is 1.86. The molecule has 0 fully saturated rings. The maximum absolute atomic E-state index is 11.6. The molecule has 0 unspecified atom stereocenters. The van der Waals surface area contributed by atoms with E-state index in [1.807, 2.05) is 19.1 Å². The Labute approximate surface area is 112 Å². The summed E-state index contributed by atoms with van der Waals surface area (Å²) in [5, 5.41) is 2.82. The van der Waals surface area contributed by atoms with E-state index in [2.05, 4.69) is 11.4 Å². The van der Waals surface area contributed by atoms with Crippen molar-refractivity contribution in [2.75, 3.05) is 13.7 Å². The molecule has 1 heterocycles. The molecule has 0 spiro atoms. The monoisotopic (exact) mass is 259 g/mol. The van der Waals surface area contributed by atoms with Gasteiger partial charge in [-0.2, -0.15) is 0 Å². The minimum atomic E-state index is -0.185. The van der Waals surface area contributed by atoms with Gasteiger partial charge >= 0.3 is 0 Å². The Kier molecular flexibility index (Phi) is 4.23. The lowest BCUT2D eigenvalue weighted by Crippen LogP contribution is -2.25. The zero-order chi connectivity index (χ0) is 13.7. The summed E-state index contributed by atoms with van der Waals surface area (Å²) in [6, 6.07) is 9.36. The van der Waals surface area contributed by atoms with Crippen molar-refractivity contribution in [1.29, 1.82) is 0 Å². The number of rotatable bonds is 5. The van der Waals surface area contributed by atoms with Crippen LogP contribution in [0.3, 0.4) is 0 Å². The fourth-order valence-electron chi connectivity index (χ4n) is 1.91. The van der Waals surface area contributed by atoms with Gasteiger partial charge in [0.05, 0.1) is 13.4 Å². The topological polar surface area (TPSA) is 51.5 Å². The van der Waals surface area contributed by atoms with Crippen molar-refractivity contribution >= 4 is 5.91 Å². The van der Waals surface area contributed by atoms with E-state index in [-0.39, 0.29) is 5.91 Å². The van der Waals surface area contributed by atoms with Crippen molar-refractivity contribution in [1.82, 2.24) is 5.32 Å². The van der Waals surface area contributed by atoms with Crippen molar-refractivity contribution in [2.24, 2.45) is 0 Å². The number of aryl methyl sites for hydroxylation is 1. The van der Waals surface area contributed by atoms with Crippen LogP contribution in [0.25, 0.3) is 0 Å². The maximum Gasteiger partial charge on any atom is 0.286 e. The number of benzene rings is 1. The van der Waals surface area contributed by atoms with Crippen molar-refractivity contribution in [2.45, 2.75) is 13.3 Å². The zero-order valence-corrected chi connectivity index (χ0v) is 11.1. The molecular formula is C15H17NO3. The number of methoxy groups -OCH3 is 1. The summed E-state index contributed by atoms with van der Waals surface area (Å²) in [7, 11) is 1.66. The molecule has 0 saturated heterocycles. The molecule has 4 nitrogen and oxygen atoms in total. The average molecular weight is 259 g/mol. The van der Waals surface area contributed by atoms with Crippen LogP contribution in [-0.2, 0) is 6.42 Å². The highest BCUT2D eigenvalue weighted by Gasteiger charge is 2.07. The lowest BCUT2D eigenvalue weighted by Gasteiger charge is -2.08. The first-order valence-corrected chi connectivity index (χ1v) is 6.16. The van der Waals surface area contributed by atoms with Gasteiger partial charge in [0.2, 0.25) is 0 Å². The van der Waals surface area contributed by atoms with Crippen LogP contribution in [-0.4, -0.2) is 19.6 Å². The van der Waals surface area contributed by atoms with Gasteiger partial charge in [-0.05, 0) is 42.7 Å². The van der Waals surface area contributed by atoms with E-state index in [0.717, 1.165) is 23.3 Å². The Bertz CT molecular complexity index is 547. The molecule has 1 N–H and O–H groups in total. The largest absolute Gasteiger partial charge is 0.496 e. The second-order valence-electron chi connectivity index (χ2n) is 4.29. The minimum absolute atomic E-state index is 0.185. The summed E-state index contributed by atoms with van der Waals surface area (Å²) < 4.78 is 10.2. The predicted octanol–water partition coefficient (Wildman–Crippen LogP) is 2.57. The molecule has 0 bridgehead atoms. The van der Waals surface area contributed by atoms with Gasteiger partial charge in [-0.25, -0.2) is 0 Å². The standard InChI is InChI=1S/C15H17NO3/c1-11-10-12(5-6-13(11)18-2)7-8-16-15(17)14-4-3-9-19-14/h3-6,9-10H,7-8H2,1-2H3,(H,16,17). The molecule has 0 radical (unpaired) electrons. The van der Waals surface area contributed by atoms with E-state index in [0.29, 0.717) is 12.3 Å². The molecule has 4 heteroatoms. The number of furan rings is 1. The number of hydrogen-bond donors (Lipinski definition) is 1. The van der Waals surface area contributed by atoms with Crippen molar-refractivity contribution in [3.63, 3.8) is 0 Å². The van der Waals surface area contributed by atoms with Gasteiger partial charge in [-0.1, -0.05) is 12.1 Å². The van der Waals surface area contributed by atoms with Crippen LogP contribution in [0.5, 0.6) is 5.75 Å². The molecule has 0 aliphatic heterocycles. The van der Waals surface area contributed by atoms with E-state index in [4.69, 9.17) is 9.15 Å². The Hall–Kier alpha value is -2.23. The molecule has 0 aliphatic carbocycles. The number of carbonyl (C=O) groups is 1. The molecular weight excluding hydrogens is 242 g/mol. The molecule has 2 rings (SSSR count). The third-order valence-electron chi connectivity index (χ3n) is 2.90. The molecule has 0 aliphatic rings. The quantitative estimate of drug-likeness (QED) is 0.897. The fourth-order valence-corrected chi connectivity index (χ4v) is 1.91. The summed E-state index contributed by atoms with van der Waals surface area (Å²) in [5.41, 5.74) is 2.26. The number of amides is 1. The second-order valence-corrected chi connectivity index (χ2v) is 4.29. The van der Waals surface area contributed by atoms with Crippen LogP contribution in [0.4, 0.5) is 0 Å². The van der Waals surface area contributed by atoms with Crippen molar-refractivity contribution in [3.8, 4) is 5.75 Å². The Morgan fingerprint density at radius 1 is 1.37 bits per heavy atom. The van der Waals surface area contributed by atoms with E-state index in [1.165, 1.54) is 6.26 Å². The smallest absolute Gasteiger partial charge is 0.286 e. The van der Waals surface area contributed by atoms with Gasteiger partial charge in [0.15, 0.2) is 5.76 Å². The van der Waals surface area contributed by atoms with Crippen LogP contribution in [0.1, 0.15) is 21.7 Å². The van der Waals surface area contributed by atoms with Gasteiger partial charge in [-0.3, -0.25) is 4.79 Å². The van der Waals surface area contributed by atoms with Gasteiger partial charge in [0, 0.05) is 6.54 Å². The third kappa shape index (κ3) is 3.37. The van der Waals surface area contributed by atoms with E-state index < -0.39 is 0 Å². The molecule has 1 aromatic carbocycles. The Morgan fingerprint density at radius 2 is 2.21 bits per heavy atom. The van der Waals surface area contributed by atoms with E-state index in [9.17, 15) is 4.79 Å². The highest BCUT2D eigenvalue weighted by atomic mass is 16.5. The zero-order valence-electron chi connectivity index (χ0n) is 11.1. The van der Waals surface area contributed by atoms with Crippen molar-refractivity contribution < 1.29 is 13.9 Å². The highest BCUT2D eigenvalue weighted by Crippen LogP contribution is 2.18. The van der Waals surface area contributed by atoms with Gasteiger partial charge < -0.3 is 14.5 Å². The van der Waals surface area contributed by atoms with Crippen LogP contribution >= 0.6 is 0 Å². The normalized spacial score (nSPS) is 10.2. The highest BCUT2D eigenvalue weighted by molar-refractivity contribution is 5.91. The summed E-state index contributed by atoms with van der Waals surface area (Å²) in [4.78, 5) is 11.6. The Morgan fingerprint density at radius 3 is 2.84 bits per heavy atom. The van der Waals surface area contributed by atoms with Gasteiger partial charge in [-0.15, -0.1) is 0 Å². The summed E-state index contributed by atoms with van der Waals surface area (Å²) in [6.07, 6.45) is 2.26. The molecule has 0 saturated carbocycles. The predicted molar refractivity (Wildman–Crippen MR) is 72.5 cm³/mol. The summed E-state index contributed by atoms with van der Waals surface area (Å²) in [6.45, 7) is 2.58. The maximum atomic E-state index is 11.6. The number of ether oxygens (including phenoxy) is 1. The first-order chi connectivity index (χ1) is 9.20. The van der Waals surface area contributed by atoms with Crippen LogP contribution in [0, 0.1) is 6.92 Å². The lowest BCUT2D eigenvalue weighted by atomic mass is 10.1. The van der Waals surface area contributed by atoms with Crippen LogP contribution in [0.15, 0.2) is 41.0 Å². The molecule has 1 aromatic heterocycles. The van der Waals surface area contributed by atoms with Gasteiger partial charge in [0.25, 0.3) is 5.91 Å². The second kappa shape index (κ2) is 6.09. The number of carbonyl (C=O) groups excluding carboxylic acids is 1. The average Bonchev–Trinajstić information content (AvgIpc) is 2.93. The van der Waals surface area contributed by atoms with Crippen LogP contribution in [0.2, 0.25) is 0 Å². The van der Waals surface area contributed by atoms with Crippen molar-refractivity contribution in [3.05, 3.63) is 53.5 Å². The van der Waals surface area contributed by atoms with E-state index in [1.54, 1.807) is 19.2 Å². The summed E-state index contributed by atoms with van der Waals surface area (Å²) >= 11 is 0. The fraction of sp³-hybridized carbons (Fsp3) is 0.267. The number of nitrogens with one attached hydrogen (secondary N) is 1. The molecule has 0 atom stereocenters. The first-order valence-electron chi connectivity index (χ1n) is 6.16. The van der Waals surface area contributed by atoms with E-state index >= 15 is 0 Å². The molecule has 19 heavy (non-hydrogen) atoms. The summed E-state index contributed by atoms with van der Waals surface area (Å²) in [5.74, 6) is 1.03. The SMILES string of the molecule is COc1ccc(CCNC(=O)c2ccco2)cc1C. The first kappa shape index (κ1) is 13.2. The third-order valence-corrected chi connectivity index (χ3v) is 2.90. The van der Waals surface area contributed by atoms with Gasteiger partial charge in [0.1, 0.15) is 5.75 Å². The van der Waals surface area contributed by atoms with Crippen LogP contribution < -0.4 is 10.1 Å². The molecule has 2 aromatic rings.